The predicted octanol–water partition coefficient (Wildman–Crippen LogP) is 2.72. The Bertz CT molecular complexity index is 751. The van der Waals surface area contributed by atoms with Gasteiger partial charge in [-0.25, -0.2) is 17.7 Å². The molecule has 1 saturated heterocycles. The SMILES string of the molecule is Cc1ccc(C)c2sc(OC3CCN(S(C)(=O)=O)CC3)nc12. The molecule has 0 radical (unpaired) electrons. The highest BCUT2D eigenvalue weighted by Gasteiger charge is 2.26. The summed E-state index contributed by atoms with van der Waals surface area (Å²) in [5.74, 6) is 0. The first kappa shape index (κ1) is 15.7. The minimum atomic E-state index is -3.09. The van der Waals surface area contributed by atoms with E-state index in [1.807, 2.05) is 0 Å². The summed E-state index contributed by atoms with van der Waals surface area (Å²) in [6, 6.07) is 4.18. The fraction of sp³-hybridized carbons (Fsp3) is 0.533. The summed E-state index contributed by atoms with van der Waals surface area (Å²) in [4.78, 5) is 4.60. The normalized spacial score (nSPS) is 18.0. The van der Waals surface area contributed by atoms with E-state index in [1.165, 1.54) is 20.8 Å². The lowest BCUT2D eigenvalue weighted by atomic mass is 10.1. The maximum Gasteiger partial charge on any atom is 0.274 e. The Morgan fingerprint density at radius 1 is 1.23 bits per heavy atom. The molecule has 5 nitrogen and oxygen atoms in total. The van der Waals surface area contributed by atoms with Crippen molar-refractivity contribution in [1.29, 1.82) is 0 Å². The molecule has 0 atom stereocenters. The Hall–Kier alpha value is -1.18. The molecule has 22 heavy (non-hydrogen) atoms. The number of benzene rings is 1. The van der Waals surface area contributed by atoms with Gasteiger partial charge in [0.25, 0.3) is 5.19 Å². The average molecular weight is 340 g/mol. The quantitative estimate of drug-likeness (QED) is 0.862. The molecule has 0 bridgehead atoms. The van der Waals surface area contributed by atoms with Crippen molar-refractivity contribution in [2.24, 2.45) is 0 Å². The van der Waals surface area contributed by atoms with Crippen LogP contribution in [-0.2, 0) is 10.0 Å². The van der Waals surface area contributed by atoms with Crippen molar-refractivity contribution in [2.45, 2.75) is 32.8 Å². The molecule has 0 N–H and O–H groups in total. The molecule has 2 aromatic rings. The minimum Gasteiger partial charge on any atom is -0.467 e. The number of piperidine rings is 1. The number of hydrogen-bond acceptors (Lipinski definition) is 5. The van der Waals surface area contributed by atoms with E-state index in [1.54, 1.807) is 11.3 Å². The van der Waals surface area contributed by atoms with E-state index in [0.29, 0.717) is 31.1 Å². The van der Waals surface area contributed by atoms with Crippen LogP contribution in [0.3, 0.4) is 0 Å². The van der Waals surface area contributed by atoms with Crippen LogP contribution in [0.25, 0.3) is 10.2 Å². The van der Waals surface area contributed by atoms with Gasteiger partial charge >= 0.3 is 0 Å². The maximum absolute atomic E-state index is 11.5. The summed E-state index contributed by atoms with van der Waals surface area (Å²) in [6.45, 7) is 5.17. The number of sulfonamides is 1. The third-order valence-electron chi connectivity index (χ3n) is 4.06. The molecular weight excluding hydrogens is 320 g/mol. The van der Waals surface area contributed by atoms with Crippen molar-refractivity contribution in [3.63, 3.8) is 0 Å². The second kappa shape index (κ2) is 5.79. The zero-order valence-corrected chi connectivity index (χ0v) is 14.6. The van der Waals surface area contributed by atoms with Crippen molar-refractivity contribution in [3.05, 3.63) is 23.3 Å². The highest BCUT2D eigenvalue weighted by atomic mass is 32.2. The van der Waals surface area contributed by atoms with Gasteiger partial charge in [-0.1, -0.05) is 23.5 Å². The Morgan fingerprint density at radius 3 is 2.45 bits per heavy atom. The number of thiazole rings is 1. The molecule has 2 heterocycles. The van der Waals surface area contributed by atoms with Crippen LogP contribution in [0.4, 0.5) is 0 Å². The van der Waals surface area contributed by atoms with Gasteiger partial charge in [0.05, 0.1) is 16.5 Å². The summed E-state index contributed by atoms with van der Waals surface area (Å²) in [7, 11) is -3.09. The molecule has 0 saturated carbocycles. The zero-order chi connectivity index (χ0) is 15.9. The van der Waals surface area contributed by atoms with E-state index in [0.717, 1.165) is 11.1 Å². The monoisotopic (exact) mass is 340 g/mol. The van der Waals surface area contributed by atoms with Crippen LogP contribution in [0.15, 0.2) is 12.1 Å². The number of hydrogen-bond donors (Lipinski definition) is 0. The molecule has 0 amide bonds. The number of aromatic nitrogens is 1. The van der Waals surface area contributed by atoms with Crippen LogP contribution < -0.4 is 4.74 Å². The van der Waals surface area contributed by atoms with Crippen LogP contribution in [0.5, 0.6) is 5.19 Å². The van der Waals surface area contributed by atoms with Crippen LogP contribution in [0.1, 0.15) is 24.0 Å². The number of fused-ring (bicyclic) bond motifs is 1. The Labute approximate surface area is 135 Å². The highest BCUT2D eigenvalue weighted by molar-refractivity contribution is 7.88. The van der Waals surface area contributed by atoms with Crippen molar-refractivity contribution in [3.8, 4) is 5.19 Å². The van der Waals surface area contributed by atoms with Gasteiger partial charge in [-0.15, -0.1) is 0 Å². The number of nitrogens with zero attached hydrogens (tertiary/aromatic N) is 2. The van der Waals surface area contributed by atoms with Crippen LogP contribution >= 0.6 is 11.3 Å². The summed E-state index contributed by atoms with van der Waals surface area (Å²) in [5, 5.41) is 0.685. The standard InChI is InChI=1S/C15H20N2O3S2/c1-10-4-5-11(2)14-13(10)16-15(21-14)20-12-6-8-17(9-7-12)22(3,18)19/h4-5,12H,6-9H2,1-3H3. The molecule has 1 aromatic heterocycles. The average Bonchev–Trinajstić information content (AvgIpc) is 2.88. The zero-order valence-electron chi connectivity index (χ0n) is 13.0. The molecule has 3 rings (SSSR count). The van der Waals surface area contributed by atoms with Crippen molar-refractivity contribution >= 4 is 31.6 Å². The van der Waals surface area contributed by atoms with Gasteiger partial charge in [0.2, 0.25) is 10.0 Å². The highest BCUT2D eigenvalue weighted by Crippen LogP contribution is 2.33. The molecule has 0 unspecified atom stereocenters. The van der Waals surface area contributed by atoms with Crippen molar-refractivity contribution in [1.82, 2.24) is 9.29 Å². The Balaban J connectivity index is 1.73. The summed E-state index contributed by atoms with van der Waals surface area (Å²) < 4.78 is 31.7. The van der Waals surface area contributed by atoms with Crippen LogP contribution in [-0.4, -0.2) is 43.2 Å². The van der Waals surface area contributed by atoms with Crippen molar-refractivity contribution < 1.29 is 13.2 Å². The molecule has 0 spiro atoms. The van der Waals surface area contributed by atoms with E-state index < -0.39 is 10.0 Å². The molecule has 1 aliphatic heterocycles. The molecule has 1 fully saturated rings. The predicted molar refractivity (Wildman–Crippen MR) is 89.2 cm³/mol. The minimum absolute atomic E-state index is 0.0409. The fourth-order valence-corrected chi connectivity index (χ4v) is 4.62. The van der Waals surface area contributed by atoms with Gasteiger partial charge in [0.1, 0.15) is 6.10 Å². The van der Waals surface area contributed by atoms with Gasteiger partial charge in [-0.05, 0) is 37.8 Å². The van der Waals surface area contributed by atoms with Gasteiger partial charge in [0, 0.05) is 13.1 Å². The number of aryl methyl sites for hydroxylation is 2. The first-order valence-corrected chi connectivity index (χ1v) is 9.99. The number of ether oxygens (including phenoxy) is 1. The van der Waals surface area contributed by atoms with E-state index >= 15 is 0 Å². The van der Waals surface area contributed by atoms with E-state index in [9.17, 15) is 8.42 Å². The molecule has 1 aromatic carbocycles. The Kier molecular flexibility index (Phi) is 4.13. The van der Waals surface area contributed by atoms with E-state index in [2.05, 4.69) is 31.0 Å². The van der Waals surface area contributed by atoms with E-state index in [-0.39, 0.29) is 6.10 Å². The fourth-order valence-electron chi connectivity index (χ4n) is 2.71. The first-order valence-electron chi connectivity index (χ1n) is 7.33. The largest absolute Gasteiger partial charge is 0.467 e. The van der Waals surface area contributed by atoms with Gasteiger partial charge in [-0.2, -0.15) is 0 Å². The molecular formula is C15H20N2O3S2. The Morgan fingerprint density at radius 2 is 1.86 bits per heavy atom. The van der Waals surface area contributed by atoms with Gasteiger partial charge < -0.3 is 4.74 Å². The molecule has 1 aliphatic rings. The van der Waals surface area contributed by atoms with E-state index in [4.69, 9.17) is 4.74 Å². The summed E-state index contributed by atoms with van der Waals surface area (Å²) in [5.41, 5.74) is 3.37. The topological polar surface area (TPSA) is 59.5 Å². The third kappa shape index (κ3) is 3.11. The smallest absolute Gasteiger partial charge is 0.274 e. The lowest BCUT2D eigenvalue weighted by Gasteiger charge is -2.29. The van der Waals surface area contributed by atoms with Gasteiger partial charge in [-0.3, -0.25) is 0 Å². The van der Waals surface area contributed by atoms with Crippen LogP contribution in [0, 0.1) is 13.8 Å². The van der Waals surface area contributed by atoms with Crippen molar-refractivity contribution in [2.75, 3.05) is 19.3 Å². The first-order chi connectivity index (χ1) is 10.3. The second-order valence-electron chi connectivity index (χ2n) is 5.84. The number of rotatable bonds is 3. The summed E-state index contributed by atoms with van der Waals surface area (Å²) in [6.07, 6.45) is 2.72. The van der Waals surface area contributed by atoms with Crippen LogP contribution in [0.2, 0.25) is 0 Å². The second-order valence-corrected chi connectivity index (χ2v) is 8.78. The lowest BCUT2D eigenvalue weighted by molar-refractivity contribution is 0.135. The third-order valence-corrected chi connectivity index (χ3v) is 6.44. The molecule has 7 heteroatoms. The molecule has 0 aliphatic carbocycles. The maximum atomic E-state index is 11.5. The van der Waals surface area contributed by atoms with Gasteiger partial charge in [0.15, 0.2) is 0 Å². The molecule has 120 valence electrons. The summed E-state index contributed by atoms with van der Waals surface area (Å²) >= 11 is 1.57. The lowest BCUT2D eigenvalue weighted by Crippen LogP contribution is -2.41.